The van der Waals surface area contributed by atoms with Crippen molar-refractivity contribution in [2.24, 2.45) is 0 Å². The second kappa shape index (κ2) is 9.70. The number of carbonyl (C=O) groups is 2. The van der Waals surface area contributed by atoms with Gasteiger partial charge < -0.3 is 10.6 Å². The Morgan fingerprint density at radius 2 is 1.61 bits per heavy atom. The fourth-order valence-electron chi connectivity index (χ4n) is 5.12. The molecule has 0 aromatic heterocycles. The van der Waals surface area contributed by atoms with E-state index >= 15 is 0 Å². The summed E-state index contributed by atoms with van der Waals surface area (Å²) in [6.45, 7) is 1.73. The van der Waals surface area contributed by atoms with Crippen molar-refractivity contribution in [3.05, 3.63) is 123 Å². The topological polar surface area (TPSA) is 58.2 Å². The van der Waals surface area contributed by atoms with Gasteiger partial charge in [-0.15, -0.1) is 0 Å². The first-order valence-electron chi connectivity index (χ1n) is 11.6. The first-order chi connectivity index (χ1) is 17.3. The number of allylic oxidation sites excluding steroid dienone is 3. The van der Waals surface area contributed by atoms with Crippen LogP contribution in [0.25, 0.3) is 0 Å². The minimum Gasteiger partial charge on any atom is -0.362 e. The maximum absolute atomic E-state index is 14.3. The van der Waals surface area contributed by atoms with Crippen LogP contribution in [-0.2, 0) is 9.59 Å². The molecule has 3 aromatic carbocycles. The van der Waals surface area contributed by atoms with Gasteiger partial charge >= 0.3 is 0 Å². The molecule has 2 N–H and O–H groups in total. The Bertz CT molecular complexity index is 1410. The van der Waals surface area contributed by atoms with Gasteiger partial charge in [0.15, 0.2) is 5.78 Å². The van der Waals surface area contributed by atoms with E-state index in [9.17, 15) is 18.4 Å². The van der Waals surface area contributed by atoms with Gasteiger partial charge in [0.2, 0.25) is 0 Å². The molecule has 0 fully saturated rings. The van der Waals surface area contributed by atoms with Gasteiger partial charge in [0.25, 0.3) is 5.91 Å². The van der Waals surface area contributed by atoms with Crippen LogP contribution in [0, 0.1) is 11.6 Å². The van der Waals surface area contributed by atoms with Crippen LogP contribution < -0.4 is 10.6 Å². The van der Waals surface area contributed by atoms with Crippen molar-refractivity contribution in [3.63, 3.8) is 0 Å². The van der Waals surface area contributed by atoms with Crippen molar-refractivity contribution in [1.29, 1.82) is 0 Å². The molecule has 5 rings (SSSR count). The number of para-hydroxylation sites is 1. The number of ketones is 1. The largest absolute Gasteiger partial charge is 0.362 e. The minimum atomic E-state index is -0.885. The van der Waals surface area contributed by atoms with E-state index in [1.807, 2.05) is 30.3 Å². The van der Waals surface area contributed by atoms with E-state index in [2.05, 4.69) is 10.6 Å². The molecule has 4 nitrogen and oxygen atoms in total. The SMILES string of the molecule is CC1=C(C(=O)Nc2c(F)cccc2F)C(c2cccc(Cl)c2)C2=C(CC(c3ccccc3)CC2=O)N1. The number of carbonyl (C=O) groups excluding carboxylic acids is 2. The number of hydrogen-bond acceptors (Lipinski definition) is 3. The summed E-state index contributed by atoms with van der Waals surface area (Å²) in [4.78, 5) is 27.1. The van der Waals surface area contributed by atoms with Gasteiger partial charge in [-0.1, -0.05) is 60.1 Å². The molecule has 1 amide bonds. The summed E-state index contributed by atoms with van der Waals surface area (Å²) in [5.41, 5.74) is 3.14. The second-order valence-corrected chi connectivity index (χ2v) is 9.47. The van der Waals surface area contributed by atoms with Gasteiger partial charge in [-0.2, -0.15) is 0 Å². The number of halogens is 3. The lowest BCUT2D eigenvalue weighted by Gasteiger charge is -2.37. The van der Waals surface area contributed by atoms with Crippen LogP contribution in [-0.4, -0.2) is 11.7 Å². The van der Waals surface area contributed by atoms with Gasteiger partial charge in [0.05, 0.1) is 0 Å². The monoisotopic (exact) mass is 504 g/mol. The van der Waals surface area contributed by atoms with Gasteiger partial charge in [0, 0.05) is 39.9 Å². The van der Waals surface area contributed by atoms with Crippen LogP contribution in [0.2, 0.25) is 5.02 Å². The molecule has 0 radical (unpaired) electrons. The molecule has 182 valence electrons. The number of nitrogens with one attached hydrogen (secondary N) is 2. The average molecular weight is 505 g/mol. The number of amides is 1. The first kappa shape index (κ1) is 23.9. The van der Waals surface area contributed by atoms with E-state index in [-0.39, 0.29) is 23.7 Å². The summed E-state index contributed by atoms with van der Waals surface area (Å²) in [5.74, 6) is -3.29. The molecule has 1 aliphatic heterocycles. The first-order valence-corrected chi connectivity index (χ1v) is 12.0. The van der Waals surface area contributed by atoms with Crippen molar-refractivity contribution in [1.82, 2.24) is 5.32 Å². The van der Waals surface area contributed by atoms with Gasteiger partial charge in [-0.3, -0.25) is 9.59 Å². The molecule has 0 saturated heterocycles. The van der Waals surface area contributed by atoms with Gasteiger partial charge in [0.1, 0.15) is 17.3 Å². The van der Waals surface area contributed by atoms with Crippen LogP contribution in [0.5, 0.6) is 0 Å². The van der Waals surface area contributed by atoms with E-state index < -0.39 is 29.1 Å². The molecule has 0 bridgehead atoms. The van der Waals surface area contributed by atoms with Crippen molar-refractivity contribution in [2.75, 3.05) is 5.32 Å². The highest BCUT2D eigenvalue weighted by atomic mass is 35.5. The van der Waals surface area contributed by atoms with E-state index in [0.29, 0.717) is 28.3 Å². The molecule has 0 saturated carbocycles. The highest BCUT2D eigenvalue weighted by Crippen LogP contribution is 2.46. The lowest BCUT2D eigenvalue weighted by atomic mass is 9.71. The zero-order valence-electron chi connectivity index (χ0n) is 19.4. The molecule has 0 spiro atoms. The summed E-state index contributed by atoms with van der Waals surface area (Å²) in [6, 6.07) is 20.2. The number of rotatable bonds is 4. The standard InChI is InChI=1S/C29H23ClF2N2O2/c1-16-25(29(36)34-28-21(31)11-6-12-22(28)32)26(18-9-5-10-20(30)13-18)27-23(33-16)14-19(15-24(27)35)17-7-3-2-4-8-17/h2-13,19,26,33H,14-15H2,1H3,(H,34,36). The summed E-state index contributed by atoms with van der Waals surface area (Å²) in [5, 5.41) is 6.10. The van der Waals surface area contributed by atoms with E-state index in [1.165, 1.54) is 6.07 Å². The highest BCUT2D eigenvalue weighted by Gasteiger charge is 2.41. The molecule has 7 heteroatoms. The summed E-state index contributed by atoms with van der Waals surface area (Å²) in [7, 11) is 0. The third kappa shape index (κ3) is 4.44. The lowest BCUT2D eigenvalue weighted by Crippen LogP contribution is -2.37. The third-order valence-corrected chi connectivity index (χ3v) is 6.96. The van der Waals surface area contributed by atoms with Gasteiger partial charge in [-0.05, 0) is 54.7 Å². The zero-order chi connectivity index (χ0) is 25.4. The number of benzene rings is 3. The van der Waals surface area contributed by atoms with Crippen molar-refractivity contribution < 1.29 is 18.4 Å². The molecule has 2 aliphatic rings. The Morgan fingerprint density at radius 1 is 0.944 bits per heavy atom. The number of Topliss-reactive ketones (excluding diaryl/α,β-unsaturated/α-hetero) is 1. The minimum absolute atomic E-state index is 0.000600. The summed E-state index contributed by atoms with van der Waals surface area (Å²) >= 11 is 6.28. The number of hydrogen-bond donors (Lipinski definition) is 2. The number of anilines is 1. The number of dihydropyridines is 1. The maximum Gasteiger partial charge on any atom is 0.254 e. The molecule has 36 heavy (non-hydrogen) atoms. The van der Waals surface area contributed by atoms with Crippen LogP contribution in [0.15, 0.2) is 95.3 Å². The Kier molecular flexibility index (Phi) is 6.46. The fourth-order valence-corrected chi connectivity index (χ4v) is 5.32. The Balaban J connectivity index is 1.58. The van der Waals surface area contributed by atoms with E-state index in [1.54, 1.807) is 31.2 Å². The van der Waals surface area contributed by atoms with Gasteiger partial charge in [-0.25, -0.2) is 8.78 Å². The predicted molar refractivity (Wildman–Crippen MR) is 135 cm³/mol. The quantitative estimate of drug-likeness (QED) is 0.420. The van der Waals surface area contributed by atoms with Crippen LogP contribution in [0.4, 0.5) is 14.5 Å². The van der Waals surface area contributed by atoms with Crippen molar-refractivity contribution in [2.45, 2.75) is 31.6 Å². The smallest absolute Gasteiger partial charge is 0.254 e. The lowest BCUT2D eigenvalue weighted by molar-refractivity contribution is -0.116. The maximum atomic E-state index is 14.3. The molecule has 3 aromatic rings. The zero-order valence-corrected chi connectivity index (χ0v) is 20.2. The molecule has 1 aliphatic carbocycles. The van der Waals surface area contributed by atoms with E-state index in [4.69, 9.17) is 11.6 Å². The highest BCUT2D eigenvalue weighted by molar-refractivity contribution is 6.30. The normalized spacial score (nSPS) is 19.6. The third-order valence-electron chi connectivity index (χ3n) is 6.73. The molecular weight excluding hydrogens is 482 g/mol. The molecular formula is C29H23ClF2N2O2. The molecule has 2 unspecified atom stereocenters. The fraction of sp³-hybridized carbons (Fsp3) is 0.172. The summed E-state index contributed by atoms with van der Waals surface area (Å²) < 4.78 is 28.6. The van der Waals surface area contributed by atoms with Crippen LogP contribution >= 0.6 is 11.6 Å². The molecule has 1 heterocycles. The Labute approximate surface area is 212 Å². The predicted octanol–water partition coefficient (Wildman–Crippen LogP) is 6.62. The van der Waals surface area contributed by atoms with Crippen molar-refractivity contribution in [3.8, 4) is 0 Å². The molecule has 2 atom stereocenters. The van der Waals surface area contributed by atoms with E-state index in [0.717, 1.165) is 23.4 Å². The summed E-state index contributed by atoms with van der Waals surface area (Å²) in [6.07, 6.45) is 0.883. The van der Waals surface area contributed by atoms with Crippen LogP contribution in [0.3, 0.4) is 0 Å². The second-order valence-electron chi connectivity index (χ2n) is 9.03. The van der Waals surface area contributed by atoms with Crippen LogP contribution in [0.1, 0.15) is 42.7 Å². The average Bonchev–Trinajstić information content (AvgIpc) is 2.85. The Hall–Kier alpha value is -3.77. The Morgan fingerprint density at radius 3 is 2.31 bits per heavy atom. The van der Waals surface area contributed by atoms with Crippen molar-refractivity contribution >= 4 is 29.0 Å².